The molecular formula is C47H46N4O9S2. The third-order valence-electron chi connectivity index (χ3n) is 12.2. The van der Waals surface area contributed by atoms with Gasteiger partial charge in [0.25, 0.3) is 5.91 Å². The topological polar surface area (TPSA) is 192 Å². The molecule has 7 aromatic rings. The van der Waals surface area contributed by atoms with Crippen molar-refractivity contribution in [2.75, 3.05) is 19.1 Å². The van der Waals surface area contributed by atoms with Gasteiger partial charge in [-0.15, -0.1) is 0 Å². The molecule has 1 amide bonds. The molecule has 0 bridgehead atoms. The van der Waals surface area contributed by atoms with Crippen LogP contribution >= 0.6 is 0 Å². The fraction of sp³-hybridized carbons (Fsp3) is 0.319. The number of carboxylic acid groups (broad SMARTS) is 1. The summed E-state index contributed by atoms with van der Waals surface area (Å²) in [5, 5.41) is 22.4. The zero-order chi connectivity index (χ0) is 44.0. The number of nitrogens with zero attached hydrogens (tertiary/aromatic N) is 3. The Labute approximate surface area is 358 Å². The van der Waals surface area contributed by atoms with Gasteiger partial charge in [0, 0.05) is 53.1 Å². The second-order valence-electron chi connectivity index (χ2n) is 17.0. The van der Waals surface area contributed by atoms with E-state index in [-0.39, 0.29) is 21.3 Å². The molecule has 320 valence electrons. The number of hydrogen-bond donors (Lipinski definition) is 2. The minimum Gasteiger partial charge on any atom is -0.478 e. The number of aromatic carboxylic acids is 1. The maximum atomic E-state index is 13.6. The average molecular weight is 875 g/mol. The van der Waals surface area contributed by atoms with E-state index in [1.54, 1.807) is 44.2 Å². The van der Waals surface area contributed by atoms with Crippen molar-refractivity contribution < 1.29 is 40.6 Å². The maximum absolute atomic E-state index is 13.6. The summed E-state index contributed by atoms with van der Waals surface area (Å²) in [4.78, 5) is 26.0. The van der Waals surface area contributed by atoms with Crippen molar-refractivity contribution in [2.24, 2.45) is 11.8 Å². The predicted octanol–water partition coefficient (Wildman–Crippen LogP) is 8.65. The number of benzene rings is 4. The van der Waals surface area contributed by atoms with E-state index in [0.717, 1.165) is 82.9 Å². The molecule has 0 atom stereocenters. The van der Waals surface area contributed by atoms with E-state index < -0.39 is 25.6 Å². The first-order valence-electron chi connectivity index (χ1n) is 20.6. The maximum Gasteiger partial charge on any atom is 0.336 e. The highest BCUT2D eigenvalue weighted by Crippen LogP contribution is 2.46. The van der Waals surface area contributed by atoms with Gasteiger partial charge in [0.05, 0.1) is 43.3 Å². The summed E-state index contributed by atoms with van der Waals surface area (Å²) >= 11 is 0. The van der Waals surface area contributed by atoms with Crippen molar-refractivity contribution >= 4 is 53.4 Å². The van der Waals surface area contributed by atoms with Crippen molar-refractivity contribution in [3.05, 3.63) is 106 Å². The van der Waals surface area contributed by atoms with E-state index >= 15 is 0 Å². The lowest BCUT2D eigenvalue weighted by molar-refractivity contribution is 0.0695. The fourth-order valence-corrected chi connectivity index (χ4v) is 10.9. The minimum atomic E-state index is -3.49. The van der Waals surface area contributed by atoms with Crippen LogP contribution in [0, 0.1) is 39.5 Å². The Bertz CT molecular complexity index is 3220. The number of nitrogens with one attached hydrogen (secondary N) is 1. The number of rotatable bonds is 10. The molecule has 10 rings (SSSR count). The molecule has 3 aromatic heterocycles. The summed E-state index contributed by atoms with van der Waals surface area (Å²) in [6.45, 7) is 8.70. The molecule has 3 aliphatic carbocycles. The van der Waals surface area contributed by atoms with Crippen molar-refractivity contribution in [3.8, 4) is 33.4 Å². The van der Waals surface area contributed by atoms with Gasteiger partial charge in [0.15, 0.2) is 19.7 Å². The van der Waals surface area contributed by atoms with Crippen molar-refractivity contribution in [2.45, 2.75) is 76.1 Å². The summed E-state index contributed by atoms with van der Waals surface area (Å²) in [7, 11) is -6.96. The Hall–Kier alpha value is -6.06. The summed E-state index contributed by atoms with van der Waals surface area (Å²) in [5.74, 6) is 1.16. The molecule has 0 unspecified atom stereocenters. The number of sulfone groups is 2. The summed E-state index contributed by atoms with van der Waals surface area (Å²) in [5.41, 5.74) is 9.45. The first-order valence-corrected chi connectivity index (χ1v) is 24.3. The number of amides is 1. The van der Waals surface area contributed by atoms with Crippen LogP contribution in [-0.2, 0) is 32.6 Å². The molecule has 4 aromatic carbocycles. The summed E-state index contributed by atoms with van der Waals surface area (Å²) in [6.07, 6.45) is 7.38. The minimum absolute atomic E-state index is 0.128. The SMILES string of the molecule is Cc1noc(C)c1-c1cc(C(=O)NCC2CC2)c2c(c1)c1c(S(C)(=O)=O)cccc1n2CC1CC1.Cc1noc(C)c1-c1cc(C(=O)O)c2c(c1)-c1c(cccc1S(C)(=O)=O)C2. The van der Waals surface area contributed by atoms with Gasteiger partial charge in [0.2, 0.25) is 0 Å². The fourth-order valence-electron chi connectivity index (χ4n) is 9.02. The summed E-state index contributed by atoms with van der Waals surface area (Å²) < 4.78 is 63.1. The first-order chi connectivity index (χ1) is 29.4. The first kappa shape index (κ1) is 41.3. The molecular weight excluding hydrogens is 829 g/mol. The largest absolute Gasteiger partial charge is 0.478 e. The average Bonchev–Trinajstić information content (AvgIpc) is 4.11. The lowest BCUT2D eigenvalue weighted by Crippen LogP contribution is -2.26. The Morgan fingerprint density at radius 1 is 0.758 bits per heavy atom. The normalized spacial score (nSPS) is 14.7. The van der Waals surface area contributed by atoms with E-state index in [0.29, 0.717) is 75.2 Å². The van der Waals surface area contributed by atoms with Crippen LogP contribution in [0.15, 0.2) is 79.5 Å². The van der Waals surface area contributed by atoms with E-state index in [9.17, 15) is 31.5 Å². The molecule has 3 heterocycles. The number of carbonyl (C=O) groups excluding carboxylic acids is 1. The Morgan fingerprint density at radius 3 is 1.90 bits per heavy atom. The molecule has 2 N–H and O–H groups in total. The standard InChI is InChI=1S/C27H29N3O4S.C20H17NO5S/c1-15-24(16(2)34-29-15)19-11-20-25-22(5-4-6-23(25)35(3,32)33)30(14-18-9-10-18)26(20)21(12-19)27(31)28-13-17-7-8-17;1-10-18(11(2)26-21-10)13-8-15-14(16(9-13)20(22)23)7-12-5-4-6-17(19(12)15)27(3,24)25/h4-6,11-12,17-18H,7-10,13-14H2,1-3H3,(H,28,31);4-6,8-9H,7H2,1-3H3,(H,22,23). The van der Waals surface area contributed by atoms with E-state index in [1.165, 1.54) is 6.26 Å². The van der Waals surface area contributed by atoms with Gasteiger partial charge in [-0.1, -0.05) is 28.5 Å². The Morgan fingerprint density at radius 2 is 1.34 bits per heavy atom. The number of carbonyl (C=O) groups is 2. The molecule has 0 saturated heterocycles. The van der Waals surface area contributed by atoms with Crippen molar-refractivity contribution in [1.29, 1.82) is 0 Å². The van der Waals surface area contributed by atoms with Crippen LogP contribution in [0.2, 0.25) is 0 Å². The number of hydrogen-bond acceptors (Lipinski definition) is 10. The van der Waals surface area contributed by atoms with Crippen LogP contribution in [-0.4, -0.2) is 67.8 Å². The van der Waals surface area contributed by atoms with Gasteiger partial charge >= 0.3 is 5.97 Å². The van der Waals surface area contributed by atoms with Gasteiger partial charge in [0.1, 0.15) is 11.5 Å². The van der Waals surface area contributed by atoms with Gasteiger partial charge in [-0.2, -0.15) is 0 Å². The number of carboxylic acids is 1. The third kappa shape index (κ3) is 7.40. The molecule has 2 saturated carbocycles. The van der Waals surface area contributed by atoms with Crippen LogP contribution in [0.25, 0.3) is 55.2 Å². The molecule has 0 spiro atoms. The van der Waals surface area contributed by atoms with Crippen LogP contribution in [0.3, 0.4) is 0 Å². The zero-order valence-electron chi connectivity index (χ0n) is 35.2. The lowest BCUT2D eigenvalue weighted by Gasteiger charge is -2.13. The quantitative estimate of drug-likeness (QED) is 0.134. The van der Waals surface area contributed by atoms with E-state index in [1.807, 2.05) is 44.2 Å². The van der Waals surface area contributed by atoms with Crippen molar-refractivity contribution in [1.82, 2.24) is 20.2 Å². The van der Waals surface area contributed by atoms with Crippen LogP contribution in [0.5, 0.6) is 0 Å². The number of fused-ring (bicyclic) bond motifs is 6. The monoisotopic (exact) mass is 874 g/mol. The summed E-state index contributed by atoms with van der Waals surface area (Å²) in [6, 6.07) is 17.9. The predicted molar refractivity (Wildman–Crippen MR) is 235 cm³/mol. The molecule has 0 radical (unpaired) electrons. The molecule has 62 heavy (non-hydrogen) atoms. The third-order valence-corrected chi connectivity index (χ3v) is 14.5. The van der Waals surface area contributed by atoms with Crippen LogP contribution in [0.1, 0.15) is 80.4 Å². The molecule has 2 fully saturated rings. The second-order valence-corrected chi connectivity index (χ2v) is 21.0. The zero-order valence-corrected chi connectivity index (χ0v) is 36.9. The van der Waals surface area contributed by atoms with Crippen LogP contribution in [0.4, 0.5) is 0 Å². The number of aryl methyl sites for hydroxylation is 4. The Balaban J connectivity index is 0.000000164. The molecule has 13 nitrogen and oxygen atoms in total. The highest BCUT2D eigenvalue weighted by molar-refractivity contribution is 7.91. The van der Waals surface area contributed by atoms with E-state index in [4.69, 9.17) is 9.05 Å². The van der Waals surface area contributed by atoms with Gasteiger partial charge in [-0.3, -0.25) is 4.79 Å². The van der Waals surface area contributed by atoms with Gasteiger partial charge in [-0.25, -0.2) is 21.6 Å². The van der Waals surface area contributed by atoms with Gasteiger partial charge in [-0.05, 0) is 142 Å². The number of aromatic nitrogens is 3. The van der Waals surface area contributed by atoms with E-state index in [2.05, 4.69) is 20.2 Å². The molecule has 3 aliphatic rings. The van der Waals surface area contributed by atoms with Crippen LogP contribution < -0.4 is 5.32 Å². The Kier molecular flexibility index (Phi) is 10.0. The lowest BCUT2D eigenvalue weighted by atomic mass is 9.93. The smallest absolute Gasteiger partial charge is 0.336 e. The second kappa shape index (κ2) is 15.1. The highest BCUT2D eigenvalue weighted by atomic mass is 32.2. The molecule has 0 aliphatic heterocycles. The highest BCUT2D eigenvalue weighted by Gasteiger charge is 2.32. The van der Waals surface area contributed by atoms with Crippen molar-refractivity contribution in [3.63, 3.8) is 0 Å². The molecule has 15 heteroatoms. The van der Waals surface area contributed by atoms with Gasteiger partial charge < -0.3 is 24.0 Å².